The molecule has 20 heavy (non-hydrogen) atoms. The average Bonchev–Trinajstić information content (AvgIpc) is 2.95. The number of carbonyl (C=O) groups is 2. The van der Waals surface area contributed by atoms with E-state index in [-0.39, 0.29) is 24.1 Å². The molecule has 1 unspecified atom stereocenters. The summed E-state index contributed by atoms with van der Waals surface area (Å²) in [7, 11) is 0. The van der Waals surface area contributed by atoms with Crippen molar-refractivity contribution in [1.29, 1.82) is 0 Å². The van der Waals surface area contributed by atoms with Crippen molar-refractivity contribution in [3.8, 4) is 0 Å². The summed E-state index contributed by atoms with van der Waals surface area (Å²) in [5.41, 5.74) is 0.192. The van der Waals surface area contributed by atoms with Gasteiger partial charge in [-0.3, -0.25) is 9.59 Å². The molecule has 1 fully saturated rings. The Bertz CT molecular complexity index is 487. The number of nitrogens with one attached hydrogen (secondary N) is 2. The maximum Gasteiger partial charge on any atom is 0.251 e. The predicted molar refractivity (Wildman–Crippen MR) is 70.7 cm³/mol. The van der Waals surface area contributed by atoms with E-state index in [1.807, 2.05) is 0 Å². The van der Waals surface area contributed by atoms with E-state index in [2.05, 4.69) is 10.6 Å². The van der Waals surface area contributed by atoms with Gasteiger partial charge in [-0.2, -0.15) is 0 Å². The molecule has 0 aromatic heterocycles. The Balaban J connectivity index is 1.71. The van der Waals surface area contributed by atoms with Crippen molar-refractivity contribution in [2.75, 3.05) is 19.7 Å². The van der Waals surface area contributed by atoms with Crippen molar-refractivity contribution in [3.63, 3.8) is 0 Å². The fraction of sp³-hybridized carbons (Fsp3) is 0.429. The fourth-order valence-corrected chi connectivity index (χ4v) is 1.99. The van der Waals surface area contributed by atoms with Gasteiger partial charge in [0.25, 0.3) is 5.91 Å². The van der Waals surface area contributed by atoms with Crippen LogP contribution in [-0.4, -0.2) is 37.6 Å². The smallest absolute Gasteiger partial charge is 0.251 e. The first-order valence-electron chi connectivity index (χ1n) is 6.57. The third kappa shape index (κ3) is 4.31. The predicted octanol–water partition coefficient (Wildman–Crippen LogP) is 0.851. The van der Waals surface area contributed by atoms with Crippen molar-refractivity contribution in [2.45, 2.75) is 18.9 Å². The molecule has 0 radical (unpaired) electrons. The summed E-state index contributed by atoms with van der Waals surface area (Å²) in [6.45, 7) is 1.05. The Hall–Kier alpha value is -1.95. The molecule has 0 bridgehead atoms. The monoisotopic (exact) mass is 280 g/mol. The molecule has 108 valence electrons. The zero-order valence-electron chi connectivity index (χ0n) is 11.0. The van der Waals surface area contributed by atoms with Crippen molar-refractivity contribution in [1.82, 2.24) is 10.6 Å². The standard InChI is InChI=1S/C14H17FN2O3/c15-11-4-1-3-10(7-11)14(19)17-9-13(18)16-8-12-5-2-6-20-12/h1,3-4,7,12H,2,5-6,8-9H2,(H,16,18)(H,17,19). The van der Waals surface area contributed by atoms with Gasteiger partial charge in [0.1, 0.15) is 5.82 Å². The summed E-state index contributed by atoms with van der Waals surface area (Å²) in [6.07, 6.45) is 2.02. The van der Waals surface area contributed by atoms with Gasteiger partial charge in [0.2, 0.25) is 5.91 Å². The molecule has 1 aromatic rings. The van der Waals surface area contributed by atoms with Crippen LogP contribution < -0.4 is 10.6 Å². The first-order valence-corrected chi connectivity index (χ1v) is 6.57. The van der Waals surface area contributed by atoms with Crippen LogP contribution in [0.1, 0.15) is 23.2 Å². The Morgan fingerprint density at radius 3 is 2.90 bits per heavy atom. The topological polar surface area (TPSA) is 67.4 Å². The maximum atomic E-state index is 12.9. The van der Waals surface area contributed by atoms with E-state index in [0.717, 1.165) is 25.5 Å². The number of hydrogen-bond donors (Lipinski definition) is 2. The Kier molecular flexibility index (Phi) is 5.06. The van der Waals surface area contributed by atoms with Crippen LogP contribution in [0.25, 0.3) is 0 Å². The van der Waals surface area contributed by atoms with E-state index in [1.54, 1.807) is 0 Å². The number of halogens is 1. The average molecular weight is 280 g/mol. The molecule has 1 aliphatic rings. The van der Waals surface area contributed by atoms with Gasteiger partial charge in [-0.25, -0.2) is 4.39 Å². The summed E-state index contributed by atoms with van der Waals surface area (Å²) in [6, 6.07) is 5.31. The lowest BCUT2D eigenvalue weighted by molar-refractivity contribution is -0.120. The minimum absolute atomic E-state index is 0.0675. The van der Waals surface area contributed by atoms with Crippen LogP contribution in [0.15, 0.2) is 24.3 Å². The van der Waals surface area contributed by atoms with E-state index in [0.29, 0.717) is 6.54 Å². The van der Waals surface area contributed by atoms with Crippen LogP contribution in [0.3, 0.4) is 0 Å². The van der Waals surface area contributed by atoms with Gasteiger partial charge in [0.15, 0.2) is 0 Å². The van der Waals surface area contributed by atoms with Crippen LogP contribution in [0.5, 0.6) is 0 Å². The molecule has 2 amide bonds. The minimum atomic E-state index is -0.486. The van der Waals surface area contributed by atoms with E-state index < -0.39 is 11.7 Å². The number of rotatable bonds is 5. The highest BCUT2D eigenvalue weighted by Crippen LogP contribution is 2.10. The summed E-state index contributed by atoms with van der Waals surface area (Å²) < 4.78 is 18.3. The Morgan fingerprint density at radius 2 is 2.20 bits per heavy atom. The summed E-state index contributed by atoms with van der Waals surface area (Å²) in [5, 5.41) is 5.13. The fourth-order valence-electron chi connectivity index (χ4n) is 1.99. The van der Waals surface area contributed by atoms with E-state index in [1.165, 1.54) is 18.2 Å². The van der Waals surface area contributed by atoms with Crippen LogP contribution in [0, 0.1) is 5.82 Å². The Morgan fingerprint density at radius 1 is 1.35 bits per heavy atom. The molecule has 1 saturated heterocycles. The number of benzene rings is 1. The first-order chi connectivity index (χ1) is 9.65. The molecular weight excluding hydrogens is 263 g/mol. The molecule has 1 aromatic carbocycles. The number of ether oxygens (including phenoxy) is 1. The van der Waals surface area contributed by atoms with Crippen molar-refractivity contribution in [2.24, 2.45) is 0 Å². The zero-order valence-corrected chi connectivity index (χ0v) is 11.0. The lowest BCUT2D eigenvalue weighted by Crippen LogP contribution is -2.39. The number of amides is 2. The molecule has 0 aliphatic carbocycles. The van der Waals surface area contributed by atoms with Gasteiger partial charge in [-0.1, -0.05) is 6.07 Å². The van der Waals surface area contributed by atoms with E-state index in [9.17, 15) is 14.0 Å². The summed E-state index contributed by atoms with van der Waals surface area (Å²) in [5.74, 6) is -1.25. The van der Waals surface area contributed by atoms with Gasteiger partial charge in [-0.05, 0) is 31.0 Å². The van der Waals surface area contributed by atoms with Crippen LogP contribution in [0.4, 0.5) is 4.39 Å². The molecular formula is C14H17FN2O3. The highest BCUT2D eigenvalue weighted by molar-refractivity contribution is 5.96. The van der Waals surface area contributed by atoms with Gasteiger partial charge in [-0.15, -0.1) is 0 Å². The van der Waals surface area contributed by atoms with Crippen molar-refractivity contribution < 1.29 is 18.7 Å². The normalized spacial score (nSPS) is 17.8. The molecule has 6 heteroatoms. The highest BCUT2D eigenvalue weighted by Gasteiger charge is 2.16. The second kappa shape index (κ2) is 7.00. The molecule has 1 aliphatic heterocycles. The van der Waals surface area contributed by atoms with Crippen LogP contribution in [-0.2, 0) is 9.53 Å². The van der Waals surface area contributed by atoms with Gasteiger partial charge in [0.05, 0.1) is 12.6 Å². The zero-order chi connectivity index (χ0) is 14.4. The second-order valence-electron chi connectivity index (χ2n) is 4.63. The molecule has 0 saturated carbocycles. The lowest BCUT2D eigenvalue weighted by atomic mass is 10.2. The second-order valence-corrected chi connectivity index (χ2v) is 4.63. The Labute approximate surface area is 116 Å². The number of hydrogen-bond acceptors (Lipinski definition) is 3. The molecule has 2 N–H and O–H groups in total. The van der Waals surface area contributed by atoms with Gasteiger partial charge in [0, 0.05) is 18.7 Å². The SMILES string of the molecule is O=C(CNC(=O)c1cccc(F)c1)NCC1CCCO1. The van der Waals surface area contributed by atoms with E-state index in [4.69, 9.17) is 4.74 Å². The first kappa shape index (κ1) is 14.5. The highest BCUT2D eigenvalue weighted by atomic mass is 19.1. The minimum Gasteiger partial charge on any atom is -0.376 e. The van der Waals surface area contributed by atoms with Gasteiger partial charge < -0.3 is 15.4 Å². The summed E-state index contributed by atoms with van der Waals surface area (Å²) >= 11 is 0. The van der Waals surface area contributed by atoms with E-state index >= 15 is 0 Å². The van der Waals surface area contributed by atoms with Gasteiger partial charge >= 0.3 is 0 Å². The van der Waals surface area contributed by atoms with Crippen LogP contribution in [0.2, 0.25) is 0 Å². The lowest BCUT2D eigenvalue weighted by Gasteiger charge is -2.11. The van der Waals surface area contributed by atoms with Crippen LogP contribution >= 0.6 is 0 Å². The van der Waals surface area contributed by atoms with Crippen molar-refractivity contribution >= 4 is 11.8 Å². The molecule has 2 rings (SSSR count). The third-order valence-corrected chi connectivity index (χ3v) is 3.05. The number of carbonyl (C=O) groups excluding carboxylic acids is 2. The molecule has 0 spiro atoms. The summed E-state index contributed by atoms with van der Waals surface area (Å²) in [4.78, 5) is 23.2. The largest absolute Gasteiger partial charge is 0.376 e. The van der Waals surface area contributed by atoms with Crippen molar-refractivity contribution in [3.05, 3.63) is 35.6 Å². The molecule has 1 heterocycles. The third-order valence-electron chi connectivity index (χ3n) is 3.05. The molecule has 1 atom stereocenters. The quantitative estimate of drug-likeness (QED) is 0.840. The maximum absolute atomic E-state index is 12.9. The molecule has 5 nitrogen and oxygen atoms in total.